The van der Waals surface area contributed by atoms with Gasteiger partial charge >= 0.3 is 6.18 Å². The molecule has 3 rings (SSSR count). The van der Waals surface area contributed by atoms with Crippen LogP contribution in [0.4, 0.5) is 18.9 Å². The summed E-state index contributed by atoms with van der Waals surface area (Å²) in [5.41, 5.74) is 0.277. The Hall–Kier alpha value is -2.44. The van der Waals surface area contributed by atoms with Gasteiger partial charge in [0, 0.05) is 10.0 Å². The fourth-order valence-electron chi connectivity index (χ4n) is 3.11. The fourth-order valence-corrected chi connectivity index (χ4v) is 4.88. The molecular weight excluding hydrogens is 520 g/mol. The molecule has 4 nitrogen and oxygen atoms in total. The lowest BCUT2D eigenvalue weighted by Gasteiger charge is -2.17. The van der Waals surface area contributed by atoms with E-state index in [4.69, 9.17) is 34.8 Å². The number of rotatable bonds is 5. The highest BCUT2D eigenvalue weighted by molar-refractivity contribution is 7.92. The largest absolute Gasteiger partial charge is 0.417 e. The predicted molar refractivity (Wildman–Crippen MR) is 122 cm³/mol. The third kappa shape index (κ3) is 5.56. The molecule has 0 unspecified atom stereocenters. The van der Waals surface area contributed by atoms with Gasteiger partial charge in [-0.15, -0.1) is 0 Å². The van der Waals surface area contributed by atoms with Gasteiger partial charge in [-0.3, -0.25) is 4.72 Å². The van der Waals surface area contributed by atoms with Crippen LogP contribution in [-0.4, -0.2) is 8.42 Å². The Labute approximate surface area is 203 Å². The van der Waals surface area contributed by atoms with Gasteiger partial charge in [0.2, 0.25) is 0 Å². The molecule has 0 spiro atoms. The van der Waals surface area contributed by atoms with Crippen molar-refractivity contribution in [1.82, 2.24) is 0 Å². The predicted octanol–water partition coefficient (Wildman–Crippen LogP) is 7.43. The highest BCUT2D eigenvalue weighted by Gasteiger charge is 2.34. The van der Waals surface area contributed by atoms with Crippen molar-refractivity contribution < 1.29 is 21.6 Å². The summed E-state index contributed by atoms with van der Waals surface area (Å²) in [5.74, 6) is -0.746. The van der Waals surface area contributed by atoms with E-state index in [2.05, 4.69) is 10.8 Å². The summed E-state index contributed by atoms with van der Waals surface area (Å²) in [4.78, 5) is -0.616. The number of anilines is 1. The van der Waals surface area contributed by atoms with Gasteiger partial charge in [-0.1, -0.05) is 53.0 Å². The quantitative estimate of drug-likeness (QED) is 0.371. The van der Waals surface area contributed by atoms with Gasteiger partial charge in [0.05, 0.1) is 33.2 Å². The second-order valence-corrected chi connectivity index (χ2v) is 9.98. The number of nitrogens with zero attached hydrogens (tertiary/aromatic N) is 1. The molecule has 1 N–H and O–H groups in total. The van der Waals surface area contributed by atoms with Crippen LogP contribution in [0.25, 0.3) is 0 Å². The van der Waals surface area contributed by atoms with Crippen molar-refractivity contribution in [1.29, 1.82) is 5.26 Å². The van der Waals surface area contributed by atoms with Crippen LogP contribution in [0.5, 0.6) is 0 Å². The molecule has 0 bridgehead atoms. The Morgan fingerprint density at radius 3 is 2.18 bits per heavy atom. The number of sulfonamides is 1. The zero-order valence-electron chi connectivity index (χ0n) is 16.7. The first-order valence-electron chi connectivity index (χ1n) is 9.18. The molecule has 0 aliphatic rings. The molecular formula is C22H14Cl3F3N2O2S. The van der Waals surface area contributed by atoms with Gasteiger partial charge in [-0.25, -0.2) is 8.42 Å². The third-order valence-electron chi connectivity index (χ3n) is 4.78. The van der Waals surface area contributed by atoms with Crippen LogP contribution in [0, 0.1) is 18.3 Å². The standard InChI is InChI=1S/C22H14Cl3F3N2O2S/c1-12-8-16(17(11-29)13-2-4-14(23)5-3-13)20(25)10-21(12)30-33(31,32)15-6-7-19(24)18(9-15)22(26,27)28/h2-10,17,30H,1H3/t17-/m1/s1. The van der Waals surface area contributed by atoms with Crippen molar-refractivity contribution in [3.63, 3.8) is 0 Å². The molecule has 0 radical (unpaired) electrons. The summed E-state index contributed by atoms with van der Waals surface area (Å²) in [6.07, 6.45) is -4.82. The molecule has 1 atom stereocenters. The van der Waals surface area contributed by atoms with Crippen molar-refractivity contribution in [3.8, 4) is 6.07 Å². The maximum atomic E-state index is 13.1. The number of halogens is 6. The summed E-state index contributed by atoms with van der Waals surface area (Å²) in [6, 6.07) is 13.9. The van der Waals surface area contributed by atoms with E-state index in [0.29, 0.717) is 27.8 Å². The van der Waals surface area contributed by atoms with Crippen LogP contribution in [-0.2, 0) is 16.2 Å². The summed E-state index contributed by atoms with van der Waals surface area (Å²) in [7, 11) is -4.39. The zero-order chi connectivity index (χ0) is 24.6. The Morgan fingerprint density at radius 2 is 1.61 bits per heavy atom. The smallest absolute Gasteiger partial charge is 0.279 e. The minimum absolute atomic E-state index is 0.0556. The van der Waals surface area contributed by atoms with E-state index in [0.717, 1.165) is 12.1 Å². The average Bonchev–Trinajstić information content (AvgIpc) is 2.72. The highest BCUT2D eigenvalue weighted by atomic mass is 35.5. The summed E-state index contributed by atoms with van der Waals surface area (Å²) < 4.78 is 67.1. The van der Waals surface area contributed by atoms with Crippen molar-refractivity contribution in [2.45, 2.75) is 23.9 Å². The molecule has 0 saturated heterocycles. The van der Waals surface area contributed by atoms with E-state index >= 15 is 0 Å². The van der Waals surface area contributed by atoms with Crippen molar-refractivity contribution in [2.75, 3.05) is 4.72 Å². The Bertz CT molecular complexity index is 1350. The molecule has 0 saturated carbocycles. The van der Waals surface area contributed by atoms with Crippen LogP contribution < -0.4 is 4.72 Å². The van der Waals surface area contributed by atoms with Crippen LogP contribution in [0.15, 0.2) is 59.5 Å². The van der Waals surface area contributed by atoms with Crippen LogP contribution in [0.1, 0.15) is 28.2 Å². The van der Waals surface area contributed by atoms with E-state index in [1.165, 1.54) is 6.07 Å². The van der Waals surface area contributed by atoms with E-state index in [1.54, 1.807) is 37.3 Å². The average molecular weight is 534 g/mol. The van der Waals surface area contributed by atoms with Gasteiger partial charge in [0.15, 0.2) is 0 Å². The fraction of sp³-hybridized carbons (Fsp3) is 0.136. The number of hydrogen-bond donors (Lipinski definition) is 1. The molecule has 11 heteroatoms. The van der Waals surface area contributed by atoms with Crippen molar-refractivity contribution in [3.05, 3.63) is 91.9 Å². The number of aryl methyl sites for hydroxylation is 1. The SMILES string of the molecule is Cc1cc([C@H](C#N)c2ccc(Cl)cc2)c(Cl)cc1NS(=O)(=O)c1ccc(Cl)c(C(F)(F)F)c1. The highest BCUT2D eigenvalue weighted by Crippen LogP contribution is 2.37. The normalized spacial score (nSPS) is 12.8. The molecule has 0 aliphatic heterocycles. The number of benzene rings is 3. The molecule has 0 fully saturated rings. The number of nitriles is 1. The molecule has 0 aliphatic carbocycles. The molecule has 0 heterocycles. The zero-order valence-corrected chi connectivity index (χ0v) is 19.8. The van der Waals surface area contributed by atoms with Gasteiger partial charge in [0.1, 0.15) is 0 Å². The second kappa shape index (κ2) is 9.43. The molecule has 0 aromatic heterocycles. The summed E-state index contributed by atoms with van der Waals surface area (Å²) >= 11 is 17.8. The molecule has 3 aromatic carbocycles. The molecule has 33 heavy (non-hydrogen) atoms. The summed E-state index contributed by atoms with van der Waals surface area (Å²) in [6.45, 7) is 1.58. The molecule has 0 amide bonds. The molecule has 3 aromatic rings. The number of alkyl halides is 3. The second-order valence-electron chi connectivity index (χ2n) is 7.05. The first-order chi connectivity index (χ1) is 15.3. The Kier molecular flexibility index (Phi) is 7.20. The third-order valence-corrected chi connectivity index (χ3v) is 7.06. The number of hydrogen-bond acceptors (Lipinski definition) is 3. The van der Waals surface area contributed by atoms with Crippen LogP contribution in [0.2, 0.25) is 15.1 Å². The van der Waals surface area contributed by atoms with Crippen LogP contribution >= 0.6 is 34.8 Å². The van der Waals surface area contributed by atoms with Crippen molar-refractivity contribution in [2.24, 2.45) is 0 Å². The van der Waals surface area contributed by atoms with Crippen molar-refractivity contribution >= 4 is 50.5 Å². The van der Waals surface area contributed by atoms with E-state index in [1.807, 2.05) is 0 Å². The monoisotopic (exact) mass is 532 g/mol. The van der Waals surface area contributed by atoms with E-state index in [9.17, 15) is 26.9 Å². The van der Waals surface area contributed by atoms with Gasteiger partial charge in [0.25, 0.3) is 10.0 Å². The maximum absolute atomic E-state index is 13.1. The first kappa shape index (κ1) is 25.2. The Balaban J connectivity index is 1.98. The summed E-state index contributed by atoms with van der Waals surface area (Å²) in [5, 5.41) is 9.67. The van der Waals surface area contributed by atoms with Crippen LogP contribution in [0.3, 0.4) is 0 Å². The molecule has 172 valence electrons. The van der Waals surface area contributed by atoms with Gasteiger partial charge in [-0.2, -0.15) is 18.4 Å². The van der Waals surface area contributed by atoms with E-state index in [-0.39, 0.29) is 10.7 Å². The maximum Gasteiger partial charge on any atom is 0.417 e. The minimum Gasteiger partial charge on any atom is -0.279 e. The van der Waals surface area contributed by atoms with E-state index < -0.39 is 37.6 Å². The van der Waals surface area contributed by atoms with Gasteiger partial charge < -0.3 is 0 Å². The Morgan fingerprint density at radius 1 is 0.970 bits per heavy atom. The number of nitrogens with one attached hydrogen (secondary N) is 1. The topological polar surface area (TPSA) is 70.0 Å². The van der Waals surface area contributed by atoms with Gasteiger partial charge in [-0.05, 0) is 60.0 Å². The first-order valence-corrected chi connectivity index (χ1v) is 11.8. The lowest BCUT2D eigenvalue weighted by Crippen LogP contribution is -2.16. The lowest BCUT2D eigenvalue weighted by molar-refractivity contribution is -0.137. The minimum atomic E-state index is -4.82. The lowest BCUT2D eigenvalue weighted by atomic mass is 9.91.